The van der Waals surface area contributed by atoms with Crippen molar-refractivity contribution in [3.63, 3.8) is 0 Å². The standard InChI is InChI=1S/C24H18Cl2F2N4O5/c1-2-36-23(35)18-11-31-9-14(4-6-20(31)30-18)29-21(33)12-32-10-17(26)15(8-22(32)34)16-7-13(25)3-5-19(16)37-24(27)28/h3-11,24H,2,12H2,1H3,(H,29,33). The number of amides is 1. The van der Waals surface area contributed by atoms with E-state index < -0.39 is 24.0 Å². The lowest BCUT2D eigenvalue weighted by molar-refractivity contribution is -0.116. The van der Waals surface area contributed by atoms with Gasteiger partial charge in [0, 0.05) is 40.8 Å². The highest BCUT2D eigenvalue weighted by molar-refractivity contribution is 6.34. The van der Waals surface area contributed by atoms with Crippen molar-refractivity contribution < 1.29 is 27.8 Å². The number of carbonyl (C=O) groups excluding carboxylic acids is 2. The first-order valence-electron chi connectivity index (χ1n) is 10.7. The third kappa shape index (κ3) is 6.07. The fourth-order valence-electron chi connectivity index (χ4n) is 3.51. The zero-order valence-electron chi connectivity index (χ0n) is 19.1. The normalized spacial score (nSPS) is 11.1. The van der Waals surface area contributed by atoms with Crippen LogP contribution in [-0.2, 0) is 16.1 Å². The molecule has 0 aliphatic rings. The summed E-state index contributed by atoms with van der Waals surface area (Å²) >= 11 is 12.3. The van der Waals surface area contributed by atoms with Crippen molar-refractivity contribution in [2.45, 2.75) is 20.1 Å². The van der Waals surface area contributed by atoms with Gasteiger partial charge in [0.05, 0.1) is 17.3 Å². The van der Waals surface area contributed by atoms with Gasteiger partial charge in [0.1, 0.15) is 17.9 Å². The summed E-state index contributed by atoms with van der Waals surface area (Å²) in [6.45, 7) is -1.59. The Morgan fingerprint density at radius 3 is 2.59 bits per heavy atom. The Kier molecular flexibility index (Phi) is 7.74. The van der Waals surface area contributed by atoms with Crippen molar-refractivity contribution in [2.75, 3.05) is 11.9 Å². The molecule has 1 N–H and O–H groups in total. The van der Waals surface area contributed by atoms with Gasteiger partial charge in [-0.25, -0.2) is 9.78 Å². The molecule has 13 heteroatoms. The Balaban J connectivity index is 1.53. The first kappa shape index (κ1) is 26.1. The van der Waals surface area contributed by atoms with Gasteiger partial charge < -0.3 is 23.8 Å². The Bertz CT molecular complexity index is 1550. The lowest BCUT2D eigenvalue weighted by Gasteiger charge is -2.14. The van der Waals surface area contributed by atoms with Gasteiger partial charge in [0.25, 0.3) is 5.56 Å². The Hall–Kier alpha value is -3.96. The van der Waals surface area contributed by atoms with Gasteiger partial charge in [-0.3, -0.25) is 9.59 Å². The maximum atomic E-state index is 12.8. The number of esters is 1. The number of alkyl halides is 2. The Morgan fingerprint density at radius 2 is 1.86 bits per heavy atom. The first-order chi connectivity index (χ1) is 17.6. The van der Waals surface area contributed by atoms with E-state index in [1.807, 2.05) is 0 Å². The molecule has 1 aromatic carbocycles. The highest BCUT2D eigenvalue weighted by atomic mass is 35.5. The molecule has 192 valence electrons. The third-order valence-electron chi connectivity index (χ3n) is 5.06. The van der Waals surface area contributed by atoms with Crippen LogP contribution in [0.4, 0.5) is 14.5 Å². The molecule has 0 saturated carbocycles. The van der Waals surface area contributed by atoms with Crippen LogP contribution in [-0.4, -0.2) is 39.0 Å². The summed E-state index contributed by atoms with van der Waals surface area (Å²) in [7, 11) is 0. The van der Waals surface area contributed by atoms with Crippen LogP contribution in [0.5, 0.6) is 5.75 Å². The molecule has 0 aliphatic carbocycles. The number of hydrogen-bond donors (Lipinski definition) is 1. The monoisotopic (exact) mass is 550 g/mol. The minimum absolute atomic E-state index is 0.0140. The number of pyridine rings is 2. The van der Waals surface area contributed by atoms with E-state index in [9.17, 15) is 23.2 Å². The van der Waals surface area contributed by atoms with Gasteiger partial charge in [-0.15, -0.1) is 0 Å². The van der Waals surface area contributed by atoms with E-state index in [4.69, 9.17) is 27.9 Å². The predicted molar refractivity (Wildman–Crippen MR) is 133 cm³/mol. The second-order valence-electron chi connectivity index (χ2n) is 7.60. The topological polar surface area (TPSA) is 104 Å². The van der Waals surface area contributed by atoms with Crippen LogP contribution in [0.25, 0.3) is 16.8 Å². The van der Waals surface area contributed by atoms with Crippen molar-refractivity contribution in [2.24, 2.45) is 0 Å². The number of benzene rings is 1. The molecule has 0 unspecified atom stereocenters. The van der Waals surface area contributed by atoms with E-state index >= 15 is 0 Å². The van der Waals surface area contributed by atoms with Crippen LogP contribution in [0.2, 0.25) is 10.0 Å². The van der Waals surface area contributed by atoms with Crippen molar-refractivity contribution in [3.05, 3.63) is 81.1 Å². The highest BCUT2D eigenvalue weighted by Gasteiger charge is 2.17. The molecular formula is C24H18Cl2F2N4O5. The van der Waals surface area contributed by atoms with E-state index in [2.05, 4.69) is 15.0 Å². The maximum Gasteiger partial charge on any atom is 0.387 e. The number of fused-ring (bicyclic) bond motifs is 1. The van der Waals surface area contributed by atoms with E-state index in [-0.39, 0.29) is 45.8 Å². The molecule has 0 fully saturated rings. The number of halogens is 4. The molecule has 0 saturated heterocycles. The molecule has 37 heavy (non-hydrogen) atoms. The molecule has 0 atom stereocenters. The molecule has 3 aromatic heterocycles. The van der Waals surface area contributed by atoms with E-state index in [0.717, 1.165) is 10.6 Å². The summed E-state index contributed by atoms with van der Waals surface area (Å²) in [5.41, 5.74) is 0.575. The molecule has 0 spiro atoms. The minimum Gasteiger partial charge on any atom is -0.461 e. The SMILES string of the molecule is CCOC(=O)c1cn2cc(NC(=O)Cn3cc(Cl)c(-c4cc(Cl)ccc4OC(F)F)cc3=O)ccc2n1. The Morgan fingerprint density at radius 1 is 1.08 bits per heavy atom. The smallest absolute Gasteiger partial charge is 0.387 e. The molecular weight excluding hydrogens is 533 g/mol. The number of imidazole rings is 1. The lowest BCUT2D eigenvalue weighted by Crippen LogP contribution is -2.27. The fraction of sp³-hybridized carbons (Fsp3) is 0.167. The quantitative estimate of drug-likeness (QED) is 0.313. The number of nitrogens with zero attached hydrogens (tertiary/aromatic N) is 3. The summed E-state index contributed by atoms with van der Waals surface area (Å²) in [5.74, 6) is -1.32. The van der Waals surface area contributed by atoms with E-state index in [1.165, 1.54) is 30.6 Å². The molecule has 0 aliphatic heterocycles. The number of aromatic nitrogens is 3. The second-order valence-corrected chi connectivity index (χ2v) is 8.44. The second kappa shape index (κ2) is 11.0. The van der Waals surface area contributed by atoms with Crippen LogP contribution in [0.3, 0.4) is 0 Å². The molecule has 4 aromatic rings. The average Bonchev–Trinajstić information content (AvgIpc) is 3.26. The summed E-state index contributed by atoms with van der Waals surface area (Å²) in [6.07, 6.45) is 4.23. The highest BCUT2D eigenvalue weighted by Crippen LogP contribution is 2.36. The third-order valence-corrected chi connectivity index (χ3v) is 5.59. The molecule has 1 amide bonds. The van der Waals surface area contributed by atoms with Crippen molar-refractivity contribution in [1.82, 2.24) is 14.0 Å². The van der Waals surface area contributed by atoms with E-state index in [0.29, 0.717) is 11.3 Å². The van der Waals surface area contributed by atoms with Crippen molar-refractivity contribution >= 4 is 46.4 Å². The molecule has 3 heterocycles. The number of rotatable bonds is 8. The minimum atomic E-state index is -3.10. The molecule has 9 nitrogen and oxygen atoms in total. The number of hydrogen-bond acceptors (Lipinski definition) is 6. The van der Waals surface area contributed by atoms with Crippen LogP contribution in [0.1, 0.15) is 17.4 Å². The molecule has 4 rings (SSSR count). The summed E-state index contributed by atoms with van der Waals surface area (Å²) in [6, 6.07) is 8.23. The number of ether oxygens (including phenoxy) is 2. The molecule has 0 radical (unpaired) electrons. The van der Waals surface area contributed by atoms with E-state index in [1.54, 1.807) is 29.7 Å². The van der Waals surface area contributed by atoms with Crippen LogP contribution < -0.4 is 15.6 Å². The van der Waals surface area contributed by atoms with Gasteiger partial charge in [-0.2, -0.15) is 8.78 Å². The number of carbonyl (C=O) groups is 2. The Labute approximate surface area is 218 Å². The van der Waals surface area contributed by atoms with Gasteiger partial charge in [-0.1, -0.05) is 23.2 Å². The van der Waals surface area contributed by atoms with Crippen molar-refractivity contribution in [1.29, 1.82) is 0 Å². The van der Waals surface area contributed by atoms with Gasteiger partial charge in [0.2, 0.25) is 5.91 Å². The van der Waals surface area contributed by atoms with Crippen LogP contribution in [0, 0.1) is 0 Å². The van der Waals surface area contributed by atoms with Crippen LogP contribution in [0.15, 0.2) is 59.8 Å². The van der Waals surface area contributed by atoms with Gasteiger partial charge in [0.15, 0.2) is 5.69 Å². The zero-order valence-corrected chi connectivity index (χ0v) is 20.6. The summed E-state index contributed by atoms with van der Waals surface area (Å²) in [4.78, 5) is 41.4. The molecule has 0 bridgehead atoms. The number of anilines is 1. The maximum absolute atomic E-state index is 12.8. The largest absolute Gasteiger partial charge is 0.461 e. The van der Waals surface area contributed by atoms with Crippen molar-refractivity contribution in [3.8, 4) is 16.9 Å². The number of nitrogens with one attached hydrogen (secondary N) is 1. The predicted octanol–water partition coefficient (Wildman–Crippen LogP) is 4.89. The van der Waals surface area contributed by atoms with Gasteiger partial charge >= 0.3 is 12.6 Å². The zero-order chi connectivity index (χ0) is 26.7. The van der Waals surface area contributed by atoms with Gasteiger partial charge in [-0.05, 0) is 37.3 Å². The van der Waals surface area contributed by atoms with Crippen LogP contribution >= 0.6 is 23.2 Å². The average molecular weight is 551 g/mol. The fourth-order valence-corrected chi connectivity index (χ4v) is 3.96. The summed E-state index contributed by atoms with van der Waals surface area (Å²) in [5, 5.41) is 2.89. The summed E-state index contributed by atoms with van der Waals surface area (Å²) < 4.78 is 37.7. The lowest BCUT2D eigenvalue weighted by atomic mass is 10.1. The first-order valence-corrected chi connectivity index (χ1v) is 11.5.